The van der Waals surface area contributed by atoms with Gasteiger partial charge < -0.3 is 10.1 Å². The zero-order chi connectivity index (χ0) is 23.1. The van der Waals surface area contributed by atoms with Gasteiger partial charge in [-0.2, -0.15) is 0 Å². The number of aromatic nitrogens is 2. The van der Waals surface area contributed by atoms with E-state index in [4.69, 9.17) is 16.3 Å². The third kappa shape index (κ3) is 4.57. The second kappa shape index (κ2) is 9.36. The van der Waals surface area contributed by atoms with E-state index in [0.29, 0.717) is 27.7 Å². The predicted octanol–water partition coefficient (Wildman–Crippen LogP) is 5.80. The maximum absolute atomic E-state index is 13.6. The van der Waals surface area contributed by atoms with Crippen molar-refractivity contribution in [3.8, 4) is 11.3 Å². The Balaban J connectivity index is 1.01. The van der Waals surface area contributed by atoms with Gasteiger partial charge in [0.1, 0.15) is 11.6 Å². The van der Waals surface area contributed by atoms with Crippen LogP contribution in [0.25, 0.3) is 11.3 Å². The smallest absolute Gasteiger partial charge is 0.148 e. The van der Waals surface area contributed by atoms with Gasteiger partial charge in [0.25, 0.3) is 0 Å². The molecule has 0 unspecified atom stereocenters. The van der Waals surface area contributed by atoms with Crippen LogP contribution >= 0.6 is 11.6 Å². The normalized spacial score (nSPS) is 29.4. The summed E-state index contributed by atoms with van der Waals surface area (Å²) in [5.41, 5.74) is 1.75. The first-order valence-corrected chi connectivity index (χ1v) is 13.3. The summed E-state index contributed by atoms with van der Waals surface area (Å²) in [7, 11) is 0. The van der Waals surface area contributed by atoms with Gasteiger partial charge in [0.05, 0.1) is 10.7 Å². The average Bonchev–Trinajstić information content (AvgIpc) is 3.41. The lowest BCUT2D eigenvalue weighted by Crippen LogP contribution is -2.42. The van der Waals surface area contributed by atoms with Crippen molar-refractivity contribution in [1.29, 1.82) is 0 Å². The van der Waals surface area contributed by atoms with Crippen molar-refractivity contribution in [2.75, 3.05) is 31.6 Å². The zero-order valence-electron chi connectivity index (χ0n) is 19.7. The van der Waals surface area contributed by atoms with Gasteiger partial charge >= 0.3 is 0 Å². The highest BCUT2D eigenvalue weighted by molar-refractivity contribution is 6.33. The van der Waals surface area contributed by atoms with Crippen LogP contribution in [0.1, 0.15) is 51.4 Å². The van der Waals surface area contributed by atoms with E-state index in [1.807, 2.05) is 12.1 Å². The fraction of sp³-hybridized carbons (Fsp3) is 0.630. The van der Waals surface area contributed by atoms with Crippen LogP contribution in [0.3, 0.4) is 0 Å². The Bertz CT molecular complexity index is 988. The molecule has 3 atom stereocenters. The van der Waals surface area contributed by atoms with Crippen LogP contribution in [0, 0.1) is 23.1 Å². The van der Waals surface area contributed by atoms with Crippen molar-refractivity contribution in [3.05, 3.63) is 41.2 Å². The second-order valence-electron chi connectivity index (χ2n) is 11.1. The molecule has 2 saturated heterocycles. The molecule has 2 aliphatic heterocycles. The van der Waals surface area contributed by atoms with Crippen molar-refractivity contribution in [2.24, 2.45) is 17.3 Å². The molecule has 4 aliphatic rings. The molecular weight excluding hydrogens is 451 g/mol. The van der Waals surface area contributed by atoms with Gasteiger partial charge in [-0.15, -0.1) is 10.2 Å². The summed E-state index contributed by atoms with van der Waals surface area (Å²) in [5, 5.41) is 12.7. The minimum atomic E-state index is -0.328. The van der Waals surface area contributed by atoms with Crippen molar-refractivity contribution in [1.82, 2.24) is 15.1 Å². The van der Waals surface area contributed by atoms with Crippen LogP contribution in [0.15, 0.2) is 30.3 Å². The third-order valence-electron chi connectivity index (χ3n) is 9.09. The first kappa shape index (κ1) is 22.7. The molecule has 3 heterocycles. The highest BCUT2D eigenvalue weighted by Crippen LogP contribution is 2.47. The van der Waals surface area contributed by atoms with E-state index in [1.165, 1.54) is 76.6 Å². The Morgan fingerprint density at radius 3 is 2.38 bits per heavy atom. The fourth-order valence-corrected chi connectivity index (χ4v) is 7.31. The Morgan fingerprint density at radius 1 is 0.971 bits per heavy atom. The highest BCUT2D eigenvalue weighted by atomic mass is 35.5. The number of hydrogen-bond donors (Lipinski definition) is 1. The van der Waals surface area contributed by atoms with E-state index >= 15 is 0 Å². The first-order valence-electron chi connectivity index (χ1n) is 12.9. The number of anilines is 1. The molecule has 1 aromatic heterocycles. The minimum Gasteiger partial charge on any atom is -0.381 e. The van der Waals surface area contributed by atoms with E-state index < -0.39 is 0 Å². The zero-order valence-corrected chi connectivity index (χ0v) is 20.4. The number of fused-ring (bicyclic) bond motifs is 1. The summed E-state index contributed by atoms with van der Waals surface area (Å²) in [6.45, 7) is 4.45. The molecule has 0 radical (unpaired) electrons. The van der Waals surface area contributed by atoms with Crippen molar-refractivity contribution in [3.63, 3.8) is 0 Å². The van der Waals surface area contributed by atoms with Crippen LogP contribution in [-0.2, 0) is 4.74 Å². The molecule has 2 saturated carbocycles. The summed E-state index contributed by atoms with van der Waals surface area (Å²) in [6, 6.07) is 9.34. The SMILES string of the molecule is Fc1ccc(Cl)c(-c2ccc(N[C@H]3C[C@@H]4CN(C5CCC6(CCOCC6)CC5)C[C@@H]4C3)nn2)c1. The number of benzene rings is 1. The highest BCUT2D eigenvalue weighted by Gasteiger charge is 2.45. The number of nitrogens with one attached hydrogen (secondary N) is 1. The van der Waals surface area contributed by atoms with Gasteiger partial charge in [0.15, 0.2) is 0 Å². The van der Waals surface area contributed by atoms with Crippen LogP contribution in [0.2, 0.25) is 5.02 Å². The molecule has 182 valence electrons. The molecule has 6 rings (SSSR count). The number of halogens is 2. The number of rotatable bonds is 4. The van der Waals surface area contributed by atoms with E-state index in [-0.39, 0.29) is 5.82 Å². The molecule has 0 bridgehead atoms. The lowest BCUT2D eigenvalue weighted by atomic mass is 9.68. The standard InChI is InChI=1S/C27H34ClFN4O/c28-24-2-1-20(29)15-23(24)25-3-4-26(32-31-25)30-21-13-18-16-33(17-19(18)14-21)22-5-7-27(8-6-22)9-11-34-12-10-27/h1-4,15,18-19,21-22H,5-14,16-17H2,(H,30,32)/t18-,19+,21+. The van der Waals surface area contributed by atoms with Gasteiger partial charge in [-0.3, -0.25) is 4.90 Å². The molecule has 7 heteroatoms. The number of likely N-dealkylation sites (tertiary alicyclic amines) is 1. The Hall–Kier alpha value is -1.76. The van der Waals surface area contributed by atoms with Crippen molar-refractivity contribution >= 4 is 17.4 Å². The molecular formula is C27H34ClFN4O. The minimum absolute atomic E-state index is 0.328. The Morgan fingerprint density at radius 2 is 1.71 bits per heavy atom. The summed E-state index contributed by atoms with van der Waals surface area (Å²) in [5.74, 6) is 2.03. The largest absolute Gasteiger partial charge is 0.381 e. The average molecular weight is 485 g/mol. The lowest BCUT2D eigenvalue weighted by Gasteiger charge is -2.45. The van der Waals surface area contributed by atoms with Gasteiger partial charge in [0.2, 0.25) is 0 Å². The van der Waals surface area contributed by atoms with E-state index in [9.17, 15) is 4.39 Å². The van der Waals surface area contributed by atoms with Crippen LogP contribution in [-0.4, -0.2) is 53.5 Å². The second-order valence-corrected chi connectivity index (χ2v) is 11.5. The van der Waals surface area contributed by atoms with Crippen LogP contribution in [0.4, 0.5) is 10.2 Å². The van der Waals surface area contributed by atoms with Gasteiger partial charge in [-0.25, -0.2) is 4.39 Å². The fourth-order valence-electron chi connectivity index (χ4n) is 7.09. The number of hydrogen-bond acceptors (Lipinski definition) is 5. The summed E-state index contributed by atoms with van der Waals surface area (Å²) in [4.78, 5) is 2.81. The predicted molar refractivity (Wildman–Crippen MR) is 132 cm³/mol. The Labute approximate surface area is 206 Å². The van der Waals surface area contributed by atoms with Gasteiger partial charge in [-0.05, 0) is 98.9 Å². The van der Waals surface area contributed by atoms with Crippen LogP contribution < -0.4 is 5.32 Å². The molecule has 1 spiro atoms. The first-order chi connectivity index (χ1) is 16.6. The van der Waals surface area contributed by atoms with Crippen LogP contribution in [0.5, 0.6) is 0 Å². The van der Waals surface area contributed by atoms with E-state index in [0.717, 1.165) is 36.9 Å². The summed E-state index contributed by atoms with van der Waals surface area (Å²) in [6.07, 6.45) is 10.5. The third-order valence-corrected chi connectivity index (χ3v) is 9.42. The molecule has 34 heavy (non-hydrogen) atoms. The maximum Gasteiger partial charge on any atom is 0.148 e. The topological polar surface area (TPSA) is 50.3 Å². The van der Waals surface area contributed by atoms with Gasteiger partial charge in [-0.1, -0.05) is 11.6 Å². The Kier molecular flexibility index (Phi) is 6.25. The van der Waals surface area contributed by atoms with Crippen molar-refractivity contribution < 1.29 is 9.13 Å². The monoisotopic (exact) mass is 484 g/mol. The molecule has 0 amide bonds. The quantitative estimate of drug-likeness (QED) is 0.594. The lowest BCUT2D eigenvalue weighted by molar-refractivity contribution is -0.0186. The van der Waals surface area contributed by atoms with E-state index in [2.05, 4.69) is 20.4 Å². The molecule has 1 N–H and O–H groups in total. The molecule has 2 aliphatic carbocycles. The molecule has 4 fully saturated rings. The number of ether oxygens (including phenoxy) is 1. The molecule has 1 aromatic carbocycles. The maximum atomic E-state index is 13.6. The van der Waals surface area contributed by atoms with E-state index in [1.54, 1.807) is 6.07 Å². The van der Waals surface area contributed by atoms with Crippen molar-refractivity contribution in [2.45, 2.75) is 63.5 Å². The molecule has 2 aromatic rings. The number of nitrogens with zero attached hydrogens (tertiary/aromatic N) is 3. The van der Waals surface area contributed by atoms with Gasteiger partial charge in [0, 0.05) is 44.0 Å². The molecule has 5 nitrogen and oxygen atoms in total. The summed E-state index contributed by atoms with van der Waals surface area (Å²) < 4.78 is 19.2. The summed E-state index contributed by atoms with van der Waals surface area (Å²) >= 11 is 6.21.